The predicted octanol–water partition coefficient (Wildman–Crippen LogP) is 3.63. The zero-order valence-corrected chi connectivity index (χ0v) is 15.0. The Morgan fingerprint density at radius 3 is 2.59 bits per heavy atom. The fourth-order valence-corrected chi connectivity index (χ4v) is 3.18. The van der Waals surface area contributed by atoms with E-state index >= 15 is 0 Å². The van der Waals surface area contributed by atoms with Gasteiger partial charge in [0, 0.05) is 17.7 Å². The molecule has 1 atom stereocenters. The van der Waals surface area contributed by atoms with Crippen molar-refractivity contribution >= 4 is 23.1 Å². The van der Waals surface area contributed by atoms with Crippen molar-refractivity contribution in [2.45, 2.75) is 19.3 Å². The van der Waals surface area contributed by atoms with Gasteiger partial charge in [-0.25, -0.2) is 4.79 Å². The standard InChI is InChI=1S/C20H19N3O4/c1-3-16-17(14-10-7-11-15(12-14)23(25)26)18(20(24)27-2)19(22-21-16)13-8-5-4-6-9-13/h4-12,17,22H,3H2,1-2H3. The number of nitrogens with zero attached hydrogens (tertiary/aromatic N) is 2. The highest BCUT2D eigenvalue weighted by Gasteiger charge is 2.34. The zero-order chi connectivity index (χ0) is 19.4. The minimum absolute atomic E-state index is 0.0352. The van der Waals surface area contributed by atoms with Crippen LogP contribution in [0.3, 0.4) is 0 Å². The maximum absolute atomic E-state index is 12.7. The molecule has 1 aliphatic heterocycles. The van der Waals surface area contributed by atoms with Crippen LogP contribution in [-0.2, 0) is 9.53 Å². The lowest BCUT2D eigenvalue weighted by Crippen LogP contribution is -2.30. The predicted molar refractivity (Wildman–Crippen MR) is 102 cm³/mol. The summed E-state index contributed by atoms with van der Waals surface area (Å²) < 4.78 is 5.04. The van der Waals surface area contributed by atoms with E-state index in [0.29, 0.717) is 29.0 Å². The average Bonchev–Trinajstić information content (AvgIpc) is 2.72. The third kappa shape index (κ3) is 3.57. The van der Waals surface area contributed by atoms with Crippen LogP contribution in [0.2, 0.25) is 0 Å². The summed E-state index contributed by atoms with van der Waals surface area (Å²) in [6.07, 6.45) is 0.572. The monoisotopic (exact) mass is 365 g/mol. The number of rotatable bonds is 5. The van der Waals surface area contributed by atoms with E-state index in [-0.39, 0.29) is 5.69 Å². The van der Waals surface area contributed by atoms with Gasteiger partial charge in [0.2, 0.25) is 0 Å². The van der Waals surface area contributed by atoms with Crippen molar-refractivity contribution in [1.82, 2.24) is 5.43 Å². The lowest BCUT2D eigenvalue weighted by molar-refractivity contribution is -0.384. The number of nitro groups is 1. The van der Waals surface area contributed by atoms with Gasteiger partial charge in [0.05, 0.1) is 34.9 Å². The van der Waals surface area contributed by atoms with Gasteiger partial charge in [0.25, 0.3) is 5.69 Å². The molecule has 0 saturated carbocycles. The highest BCUT2D eigenvalue weighted by molar-refractivity contribution is 6.09. The van der Waals surface area contributed by atoms with Gasteiger partial charge in [-0.15, -0.1) is 0 Å². The highest BCUT2D eigenvalue weighted by Crippen LogP contribution is 2.36. The molecule has 3 rings (SSSR count). The molecule has 138 valence electrons. The lowest BCUT2D eigenvalue weighted by Gasteiger charge is -2.28. The Morgan fingerprint density at radius 2 is 1.96 bits per heavy atom. The van der Waals surface area contributed by atoms with Crippen molar-refractivity contribution in [2.24, 2.45) is 5.10 Å². The Balaban J connectivity index is 2.22. The first-order valence-corrected chi connectivity index (χ1v) is 8.51. The van der Waals surface area contributed by atoms with Gasteiger partial charge in [-0.3, -0.25) is 15.5 Å². The topological polar surface area (TPSA) is 93.8 Å². The van der Waals surface area contributed by atoms with Crippen molar-refractivity contribution in [3.05, 3.63) is 81.4 Å². The van der Waals surface area contributed by atoms with Gasteiger partial charge in [-0.1, -0.05) is 49.4 Å². The normalized spacial score (nSPS) is 16.4. The molecular weight excluding hydrogens is 346 g/mol. The molecule has 0 aromatic heterocycles. The Labute approximate surface area is 156 Å². The average molecular weight is 365 g/mol. The molecule has 27 heavy (non-hydrogen) atoms. The number of non-ortho nitro benzene ring substituents is 1. The summed E-state index contributed by atoms with van der Waals surface area (Å²) in [5, 5.41) is 15.6. The maximum atomic E-state index is 12.7. The lowest BCUT2D eigenvalue weighted by atomic mass is 9.82. The van der Waals surface area contributed by atoms with Crippen LogP contribution < -0.4 is 5.43 Å². The largest absolute Gasteiger partial charge is 0.466 e. The van der Waals surface area contributed by atoms with Crippen LogP contribution in [0.15, 0.2) is 65.3 Å². The van der Waals surface area contributed by atoms with Crippen LogP contribution in [0.1, 0.15) is 30.4 Å². The van der Waals surface area contributed by atoms with E-state index in [1.165, 1.54) is 19.2 Å². The Kier molecular flexibility index (Phi) is 5.30. The number of hydrazone groups is 1. The molecule has 7 heteroatoms. The van der Waals surface area contributed by atoms with E-state index in [4.69, 9.17) is 4.74 Å². The number of benzene rings is 2. The Hall–Kier alpha value is -3.48. The van der Waals surface area contributed by atoms with Gasteiger partial charge >= 0.3 is 5.97 Å². The van der Waals surface area contributed by atoms with E-state index in [2.05, 4.69) is 10.5 Å². The molecule has 7 nitrogen and oxygen atoms in total. The summed E-state index contributed by atoms with van der Waals surface area (Å²) in [5.74, 6) is -1.03. The van der Waals surface area contributed by atoms with E-state index in [1.54, 1.807) is 12.1 Å². The van der Waals surface area contributed by atoms with Gasteiger partial charge < -0.3 is 4.74 Å². The minimum Gasteiger partial charge on any atom is -0.466 e. The molecule has 0 saturated heterocycles. The van der Waals surface area contributed by atoms with Crippen molar-refractivity contribution in [1.29, 1.82) is 0 Å². The van der Waals surface area contributed by atoms with E-state index in [1.807, 2.05) is 37.3 Å². The summed E-state index contributed by atoms with van der Waals surface area (Å²) in [7, 11) is 1.32. The molecule has 0 fully saturated rings. The molecule has 0 radical (unpaired) electrons. The number of nitrogens with one attached hydrogen (secondary N) is 1. The minimum atomic E-state index is -0.529. The van der Waals surface area contributed by atoms with E-state index < -0.39 is 16.8 Å². The van der Waals surface area contributed by atoms with Crippen LogP contribution >= 0.6 is 0 Å². The van der Waals surface area contributed by atoms with E-state index in [9.17, 15) is 14.9 Å². The number of ether oxygens (including phenoxy) is 1. The maximum Gasteiger partial charge on any atom is 0.336 e. The second kappa shape index (κ2) is 7.82. The molecule has 0 amide bonds. The molecular formula is C20H19N3O4. The molecule has 0 aliphatic carbocycles. The molecule has 1 N–H and O–H groups in total. The summed E-state index contributed by atoms with van der Waals surface area (Å²) in [4.78, 5) is 23.5. The van der Waals surface area contributed by atoms with Crippen molar-refractivity contribution < 1.29 is 14.5 Å². The number of carbonyl (C=O) groups excluding carboxylic acids is 1. The smallest absolute Gasteiger partial charge is 0.336 e. The van der Waals surface area contributed by atoms with Crippen LogP contribution in [0.25, 0.3) is 5.70 Å². The number of hydrogen-bond donors (Lipinski definition) is 1. The van der Waals surface area contributed by atoms with Gasteiger partial charge in [0.1, 0.15) is 0 Å². The molecule has 2 aromatic carbocycles. The first-order chi connectivity index (χ1) is 13.1. The summed E-state index contributed by atoms with van der Waals surface area (Å²) in [6, 6.07) is 15.6. The Bertz CT molecular complexity index is 935. The highest BCUT2D eigenvalue weighted by atomic mass is 16.6. The SMILES string of the molecule is CCC1=NNC(c2ccccc2)=C(C(=O)OC)C1c1cccc([N+](=O)[O-])c1. The van der Waals surface area contributed by atoms with Crippen molar-refractivity contribution in [3.8, 4) is 0 Å². The van der Waals surface area contributed by atoms with E-state index in [0.717, 1.165) is 5.56 Å². The molecule has 2 aromatic rings. The number of methoxy groups -OCH3 is 1. The van der Waals surface area contributed by atoms with Gasteiger partial charge in [0.15, 0.2) is 0 Å². The van der Waals surface area contributed by atoms with Crippen LogP contribution in [0.4, 0.5) is 5.69 Å². The molecule has 1 unspecified atom stereocenters. The first kappa shape index (κ1) is 18.3. The number of nitro benzene ring substituents is 1. The van der Waals surface area contributed by atoms with Crippen molar-refractivity contribution in [3.63, 3.8) is 0 Å². The third-order valence-corrected chi connectivity index (χ3v) is 4.45. The third-order valence-electron chi connectivity index (χ3n) is 4.45. The summed E-state index contributed by atoms with van der Waals surface area (Å²) in [5.41, 5.74) is 5.97. The second-order valence-electron chi connectivity index (χ2n) is 6.00. The first-order valence-electron chi connectivity index (χ1n) is 8.51. The van der Waals surface area contributed by atoms with Gasteiger partial charge in [-0.05, 0) is 12.0 Å². The number of hydrogen-bond acceptors (Lipinski definition) is 6. The summed E-state index contributed by atoms with van der Waals surface area (Å²) >= 11 is 0. The fourth-order valence-electron chi connectivity index (χ4n) is 3.18. The van der Waals surface area contributed by atoms with Crippen LogP contribution in [0.5, 0.6) is 0 Å². The van der Waals surface area contributed by atoms with Gasteiger partial charge in [-0.2, -0.15) is 5.10 Å². The number of carbonyl (C=O) groups is 1. The molecule has 1 heterocycles. The molecule has 1 aliphatic rings. The summed E-state index contributed by atoms with van der Waals surface area (Å²) in [6.45, 7) is 1.92. The number of esters is 1. The second-order valence-corrected chi connectivity index (χ2v) is 6.00. The van der Waals surface area contributed by atoms with Crippen LogP contribution in [-0.4, -0.2) is 23.7 Å². The fraction of sp³-hybridized carbons (Fsp3) is 0.200. The molecule has 0 spiro atoms. The van der Waals surface area contributed by atoms with Crippen molar-refractivity contribution in [2.75, 3.05) is 7.11 Å². The quantitative estimate of drug-likeness (QED) is 0.496. The van der Waals surface area contributed by atoms with Crippen LogP contribution in [0, 0.1) is 10.1 Å². The molecule has 0 bridgehead atoms. The zero-order valence-electron chi connectivity index (χ0n) is 15.0. The Morgan fingerprint density at radius 1 is 1.22 bits per heavy atom.